The Balaban J connectivity index is 2.17. The van der Waals surface area contributed by atoms with E-state index < -0.39 is 0 Å². The molecule has 0 saturated carbocycles. The number of benzene rings is 1. The summed E-state index contributed by atoms with van der Waals surface area (Å²) in [5.41, 5.74) is 8.44. The van der Waals surface area contributed by atoms with Gasteiger partial charge in [-0.15, -0.1) is 0 Å². The molecule has 0 unspecified atom stereocenters. The van der Waals surface area contributed by atoms with Crippen LogP contribution in [0.5, 0.6) is 0 Å². The molecular formula is C15H16N4O2. The van der Waals surface area contributed by atoms with E-state index in [0.717, 1.165) is 5.56 Å². The molecule has 1 aromatic carbocycles. The summed E-state index contributed by atoms with van der Waals surface area (Å²) in [5, 5.41) is 5.44. The molecular weight excluding hydrogens is 268 g/mol. The quantitative estimate of drug-likeness (QED) is 0.804. The molecule has 1 aromatic heterocycles. The number of aryl methyl sites for hydroxylation is 1. The Hall–Kier alpha value is -2.89. The van der Waals surface area contributed by atoms with Gasteiger partial charge in [-0.2, -0.15) is 0 Å². The van der Waals surface area contributed by atoms with Crippen molar-refractivity contribution in [2.75, 3.05) is 16.4 Å². The first-order valence-corrected chi connectivity index (χ1v) is 6.37. The van der Waals surface area contributed by atoms with Crippen LogP contribution in [0.4, 0.5) is 17.1 Å². The fraction of sp³-hybridized carbons (Fsp3) is 0.133. The average Bonchev–Trinajstić information content (AvgIpc) is 2.42. The Kier molecular flexibility index (Phi) is 4.18. The SMILES string of the molecule is CC(=O)Nc1cc(NC(=O)c2ccc(N)cn2)ccc1C. The minimum atomic E-state index is -0.340. The van der Waals surface area contributed by atoms with Crippen LogP contribution in [0, 0.1) is 6.92 Å². The minimum Gasteiger partial charge on any atom is -0.397 e. The lowest BCUT2D eigenvalue weighted by atomic mass is 10.1. The molecule has 0 fully saturated rings. The normalized spacial score (nSPS) is 10.0. The number of hydrogen-bond acceptors (Lipinski definition) is 4. The van der Waals surface area contributed by atoms with Gasteiger partial charge in [-0.3, -0.25) is 9.59 Å². The van der Waals surface area contributed by atoms with Crippen molar-refractivity contribution in [2.45, 2.75) is 13.8 Å². The van der Waals surface area contributed by atoms with E-state index in [1.165, 1.54) is 13.1 Å². The second-order valence-corrected chi connectivity index (χ2v) is 4.64. The van der Waals surface area contributed by atoms with Gasteiger partial charge in [0.15, 0.2) is 0 Å². The monoisotopic (exact) mass is 284 g/mol. The van der Waals surface area contributed by atoms with Crippen molar-refractivity contribution in [2.24, 2.45) is 0 Å². The number of carbonyl (C=O) groups is 2. The number of aromatic nitrogens is 1. The Morgan fingerprint density at radius 2 is 1.90 bits per heavy atom. The number of nitrogens with zero attached hydrogens (tertiary/aromatic N) is 1. The summed E-state index contributed by atoms with van der Waals surface area (Å²) >= 11 is 0. The standard InChI is InChI=1S/C15H16N4O2/c1-9-3-5-12(7-14(9)18-10(2)20)19-15(21)13-6-4-11(16)8-17-13/h3-8H,16H2,1-2H3,(H,18,20)(H,19,21). The van der Waals surface area contributed by atoms with Crippen molar-refractivity contribution in [3.63, 3.8) is 0 Å². The zero-order chi connectivity index (χ0) is 15.4. The third-order valence-corrected chi connectivity index (χ3v) is 2.83. The lowest BCUT2D eigenvalue weighted by Crippen LogP contribution is -2.14. The Morgan fingerprint density at radius 3 is 2.52 bits per heavy atom. The van der Waals surface area contributed by atoms with Crippen LogP contribution in [-0.4, -0.2) is 16.8 Å². The molecule has 1 heterocycles. The Labute approximate surface area is 122 Å². The number of pyridine rings is 1. The highest BCUT2D eigenvalue weighted by Crippen LogP contribution is 2.20. The van der Waals surface area contributed by atoms with E-state index >= 15 is 0 Å². The molecule has 0 bridgehead atoms. The number of nitrogens with one attached hydrogen (secondary N) is 2. The van der Waals surface area contributed by atoms with Gasteiger partial charge in [0.1, 0.15) is 5.69 Å². The first kappa shape index (κ1) is 14.5. The minimum absolute atomic E-state index is 0.165. The van der Waals surface area contributed by atoms with Gasteiger partial charge in [0, 0.05) is 18.3 Å². The van der Waals surface area contributed by atoms with Gasteiger partial charge in [0.2, 0.25) is 5.91 Å². The van der Waals surface area contributed by atoms with Crippen LogP contribution in [0.15, 0.2) is 36.5 Å². The van der Waals surface area contributed by atoms with Crippen LogP contribution in [-0.2, 0) is 4.79 Å². The molecule has 6 heteroatoms. The highest BCUT2D eigenvalue weighted by atomic mass is 16.2. The predicted molar refractivity (Wildman–Crippen MR) is 82.1 cm³/mol. The molecule has 0 radical (unpaired) electrons. The van der Waals surface area contributed by atoms with E-state index in [9.17, 15) is 9.59 Å². The lowest BCUT2D eigenvalue weighted by molar-refractivity contribution is -0.114. The highest BCUT2D eigenvalue weighted by Gasteiger charge is 2.09. The summed E-state index contributed by atoms with van der Waals surface area (Å²) in [6, 6.07) is 8.44. The van der Waals surface area contributed by atoms with Gasteiger partial charge in [0.25, 0.3) is 5.91 Å². The lowest BCUT2D eigenvalue weighted by Gasteiger charge is -2.10. The third kappa shape index (κ3) is 3.79. The van der Waals surface area contributed by atoms with Crippen molar-refractivity contribution < 1.29 is 9.59 Å². The van der Waals surface area contributed by atoms with Crippen LogP contribution in [0.3, 0.4) is 0 Å². The van der Waals surface area contributed by atoms with Crippen molar-refractivity contribution in [3.8, 4) is 0 Å². The maximum absolute atomic E-state index is 12.0. The molecule has 2 amide bonds. The molecule has 21 heavy (non-hydrogen) atoms. The van der Waals surface area contributed by atoms with Crippen molar-refractivity contribution >= 4 is 28.9 Å². The molecule has 0 aliphatic heterocycles. The number of anilines is 3. The maximum Gasteiger partial charge on any atom is 0.274 e. The number of rotatable bonds is 3. The fourth-order valence-electron chi connectivity index (χ4n) is 1.76. The Bertz CT molecular complexity index is 681. The first-order valence-electron chi connectivity index (χ1n) is 6.37. The van der Waals surface area contributed by atoms with E-state index in [-0.39, 0.29) is 17.5 Å². The van der Waals surface area contributed by atoms with E-state index in [1.807, 2.05) is 13.0 Å². The number of carbonyl (C=O) groups excluding carboxylic acids is 2. The van der Waals surface area contributed by atoms with Crippen LogP contribution >= 0.6 is 0 Å². The number of nitrogens with two attached hydrogens (primary N) is 1. The molecule has 4 N–H and O–H groups in total. The highest BCUT2D eigenvalue weighted by molar-refractivity contribution is 6.03. The maximum atomic E-state index is 12.0. The van der Waals surface area contributed by atoms with Crippen LogP contribution in [0.2, 0.25) is 0 Å². The van der Waals surface area contributed by atoms with E-state index in [1.54, 1.807) is 24.3 Å². The van der Waals surface area contributed by atoms with Crippen LogP contribution in [0.25, 0.3) is 0 Å². The summed E-state index contributed by atoms with van der Waals surface area (Å²) in [7, 11) is 0. The number of hydrogen-bond donors (Lipinski definition) is 3. The number of nitrogen functional groups attached to an aromatic ring is 1. The molecule has 108 valence electrons. The van der Waals surface area contributed by atoms with Crippen molar-refractivity contribution in [3.05, 3.63) is 47.8 Å². The molecule has 2 rings (SSSR count). The Morgan fingerprint density at radius 1 is 1.14 bits per heavy atom. The van der Waals surface area contributed by atoms with E-state index in [0.29, 0.717) is 17.1 Å². The van der Waals surface area contributed by atoms with Crippen LogP contribution < -0.4 is 16.4 Å². The van der Waals surface area contributed by atoms with Gasteiger partial charge in [-0.05, 0) is 36.8 Å². The smallest absolute Gasteiger partial charge is 0.274 e. The second kappa shape index (κ2) is 6.04. The van der Waals surface area contributed by atoms with Crippen molar-refractivity contribution in [1.82, 2.24) is 4.98 Å². The topological polar surface area (TPSA) is 97.1 Å². The predicted octanol–water partition coefficient (Wildman–Crippen LogP) is 2.18. The second-order valence-electron chi connectivity index (χ2n) is 4.64. The zero-order valence-electron chi connectivity index (χ0n) is 11.8. The van der Waals surface area contributed by atoms with Crippen LogP contribution in [0.1, 0.15) is 23.0 Å². The van der Waals surface area contributed by atoms with E-state index in [4.69, 9.17) is 5.73 Å². The van der Waals surface area contributed by atoms with E-state index in [2.05, 4.69) is 15.6 Å². The molecule has 2 aromatic rings. The molecule has 0 aliphatic carbocycles. The van der Waals surface area contributed by atoms with Crippen molar-refractivity contribution in [1.29, 1.82) is 0 Å². The summed E-state index contributed by atoms with van der Waals surface area (Å²) in [4.78, 5) is 27.1. The zero-order valence-corrected chi connectivity index (χ0v) is 11.8. The summed E-state index contributed by atoms with van der Waals surface area (Å²) < 4.78 is 0. The van der Waals surface area contributed by atoms with Gasteiger partial charge >= 0.3 is 0 Å². The van der Waals surface area contributed by atoms with Gasteiger partial charge < -0.3 is 16.4 Å². The molecule has 0 atom stereocenters. The van der Waals surface area contributed by atoms with Gasteiger partial charge in [0.05, 0.1) is 11.9 Å². The number of amides is 2. The third-order valence-electron chi connectivity index (χ3n) is 2.83. The first-order chi connectivity index (χ1) is 9.95. The largest absolute Gasteiger partial charge is 0.397 e. The average molecular weight is 284 g/mol. The summed E-state index contributed by atoms with van der Waals surface area (Å²) in [5.74, 6) is -0.505. The summed E-state index contributed by atoms with van der Waals surface area (Å²) in [6.45, 7) is 3.31. The molecule has 0 saturated heterocycles. The van der Waals surface area contributed by atoms with Gasteiger partial charge in [-0.1, -0.05) is 6.07 Å². The fourth-order valence-corrected chi connectivity index (χ4v) is 1.76. The summed E-state index contributed by atoms with van der Waals surface area (Å²) in [6.07, 6.45) is 1.42. The molecule has 6 nitrogen and oxygen atoms in total. The molecule has 0 spiro atoms. The van der Waals surface area contributed by atoms with Gasteiger partial charge in [-0.25, -0.2) is 4.98 Å². The molecule has 0 aliphatic rings.